The second-order valence-corrected chi connectivity index (χ2v) is 11.2. The Bertz CT molecular complexity index is 1140. The highest BCUT2D eigenvalue weighted by Gasteiger charge is 2.53. The third kappa shape index (κ3) is 6.06. The molecule has 0 unspecified atom stereocenters. The van der Waals surface area contributed by atoms with Gasteiger partial charge in [0.05, 0.1) is 12.6 Å². The highest BCUT2D eigenvalue weighted by molar-refractivity contribution is 5.98. The van der Waals surface area contributed by atoms with Crippen molar-refractivity contribution in [2.75, 3.05) is 18.4 Å². The fourth-order valence-electron chi connectivity index (χ4n) is 6.04. The number of amides is 3. The summed E-state index contributed by atoms with van der Waals surface area (Å²) in [7, 11) is 0. The van der Waals surface area contributed by atoms with E-state index >= 15 is 0 Å². The summed E-state index contributed by atoms with van der Waals surface area (Å²) in [5, 5.41) is 27.2. The van der Waals surface area contributed by atoms with Gasteiger partial charge in [0.1, 0.15) is 6.04 Å². The maximum absolute atomic E-state index is 12.5. The first kappa shape index (κ1) is 27.8. The number of benzene rings is 2. The SMILES string of the molecule is C[C@@H](O)[C@H](NC(=O)c1ccc(-c2ccc(NC(=O)CNC[C@@H]3CC[C@H]4C[C@@H]3C4(C)C)cc2)cc1)C(=O)NO. The Morgan fingerprint density at radius 3 is 2.18 bits per heavy atom. The van der Waals surface area contributed by atoms with Crippen LogP contribution in [-0.4, -0.2) is 53.3 Å². The average molecular weight is 523 g/mol. The van der Waals surface area contributed by atoms with E-state index in [0.717, 1.165) is 29.5 Å². The molecular weight excluding hydrogens is 484 g/mol. The number of rotatable bonds is 10. The van der Waals surface area contributed by atoms with E-state index in [1.165, 1.54) is 31.7 Å². The Labute approximate surface area is 223 Å². The molecular formula is C29H38N4O5. The third-order valence-corrected chi connectivity index (χ3v) is 8.50. The first-order valence-corrected chi connectivity index (χ1v) is 13.2. The molecule has 2 bridgehead atoms. The molecule has 9 nitrogen and oxygen atoms in total. The number of aliphatic hydroxyl groups excluding tert-OH is 1. The van der Waals surface area contributed by atoms with E-state index in [1.807, 2.05) is 24.3 Å². The predicted molar refractivity (Wildman–Crippen MR) is 144 cm³/mol. The van der Waals surface area contributed by atoms with Gasteiger partial charge < -0.3 is 21.1 Å². The lowest BCUT2D eigenvalue weighted by atomic mass is 9.45. The average Bonchev–Trinajstić information content (AvgIpc) is 2.91. The molecule has 5 rings (SSSR count). The molecule has 3 aliphatic rings. The summed E-state index contributed by atoms with van der Waals surface area (Å²) < 4.78 is 0. The zero-order valence-electron chi connectivity index (χ0n) is 22.2. The second-order valence-electron chi connectivity index (χ2n) is 11.2. The van der Waals surface area contributed by atoms with E-state index in [2.05, 4.69) is 29.8 Å². The van der Waals surface area contributed by atoms with Gasteiger partial charge in [-0.05, 0) is 91.3 Å². The minimum absolute atomic E-state index is 0.0694. The van der Waals surface area contributed by atoms with E-state index in [0.29, 0.717) is 22.6 Å². The molecule has 6 N–H and O–H groups in total. The van der Waals surface area contributed by atoms with Gasteiger partial charge in [0, 0.05) is 11.3 Å². The smallest absolute Gasteiger partial charge is 0.268 e. The molecule has 0 aliphatic heterocycles. The molecule has 38 heavy (non-hydrogen) atoms. The molecule has 5 atom stereocenters. The molecule has 3 amide bonds. The van der Waals surface area contributed by atoms with Crippen LogP contribution < -0.4 is 21.4 Å². The van der Waals surface area contributed by atoms with Crippen LogP contribution in [0.3, 0.4) is 0 Å². The molecule has 0 spiro atoms. The summed E-state index contributed by atoms with van der Waals surface area (Å²) in [5.41, 5.74) is 4.68. The van der Waals surface area contributed by atoms with Gasteiger partial charge in [-0.2, -0.15) is 0 Å². The van der Waals surface area contributed by atoms with Crippen molar-refractivity contribution in [2.45, 2.75) is 52.2 Å². The Kier molecular flexibility index (Phi) is 8.50. The molecule has 9 heteroatoms. The van der Waals surface area contributed by atoms with Crippen LogP contribution in [0.25, 0.3) is 11.1 Å². The Hall–Kier alpha value is -3.27. The van der Waals surface area contributed by atoms with Crippen molar-refractivity contribution in [3.8, 4) is 11.1 Å². The molecule has 0 radical (unpaired) electrons. The minimum Gasteiger partial charge on any atom is -0.391 e. The van der Waals surface area contributed by atoms with Crippen molar-refractivity contribution in [1.29, 1.82) is 0 Å². The lowest BCUT2D eigenvalue weighted by Gasteiger charge is -2.60. The zero-order valence-corrected chi connectivity index (χ0v) is 22.2. The number of anilines is 1. The van der Waals surface area contributed by atoms with Crippen molar-refractivity contribution in [1.82, 2.24) is 16.1 Å². The summed E-state index contributed by atoms with van der Waals surface area (Å²) in [6.07, 6.45) is 2.71. The van der Waals surface area contributed by atoms with Gasteiger partial charge in [-0.3, -0.25) is 19.6 Å². The quantitative estimate of drug-likeness (QED) is 0.209. The lowest BCUT2D eigenvalue weighted by molar-refractivity contribution is -0.133. The van der Waals surface area contributed by atoms with Gasteiger partial charge in [-0.15, -0.1) is 0 Å². The normalized spacial score (nSPS) is 22.9. The number of aliphatic hydroxyl groups is 1. The van der Waals surface area contributed by atoms with Crippen LogP contribution in [0.1, 0.15) is 50.4 Å². The molecule has 3 saturated carbocycles. The summed E-state index contributed by atoms with van der Waals surface area (Å²) >= 11 is 0. The highest BCUT2D eigenvalue weighted by atomic mass is 16.5. The molecule has 0 saturated heterocycles. The van der Waals surface area contributed by atoms with E-state index in [-0.39, 0.29) is 12.5 Å². The van der Waals surface area contributed by atoms with Crippen molar-refractivity contribution in [2.24, 2.45) is 23.2 Å². The van der Waals surface area contributed by atoms with Crippen molar-refractivity contribution in [3.05, 3.63) is 54.1 Å². The summed E-state index contributed by atoms with van der Waals surface area (Å²) in [4.78, 5) is 36.5. The number of nitrogens with one attached hydrogen (secondary N) is 4. The van der Waals surface area contributed by atoms with E-state index < -0.39 is 24.0 Å². The van der Waals surface area contributed by atoms with Crippen LogP contribution in [0.5, 0.6) is 0 Å². The monoisotopic (exact) mass is 522 g/mol. The fourth-order valence-corrected chi connectivity index (χ4v) is 6.04. The third-order valence-electron chi connectivity index (χ3n) is 8.50. The first-order chi connectivity index (χ1) is 18.1. The number of hydrogen-bond acceptors (Lipinski definition) is 6. The van der Waals surface area contributed by atoms with Gasteiger partial charge in [-0.25, -0.2) is 5.48 Å². The van der Waals surface area contributed by atoms with Crippen LogP contribution in [0.15, 0.2) is 48.5 Å². The van der Waals surface area contributed by atoms with Gasteiger partial charge in [-0.1, -0.05) is 38.1 Å². The molecule has 2 aromatic rings. The van der Waals surface area contributed by atoms with Gasteiger partial charge in [0.2, 0.25) is 5.91 Å². The molecule has 204 valence electrons. The van der Waals surface area contributed by atoms with Crippen LogP contribution >= 0.6 is 0 Å². The second kappa shape index (κ2) is 11.6. The number of fused-ring (bicyclic) bond motifs is 2. The predicted octanol–water partition coefficient (Wildman–Crippen LogP) is 2.94. The Morgan fingerprint density at radius 2 is 1.63 bits per heavy atom. The largest absolute Gasteiger partial charge is 0.391 e. The number of carbonyl (C=O) groups is 3. The van der Waals surface area contributed by atoms with Crippen molar-refractivity contribution >= 4 is 23.4 Å². The molecule has 0 aromatic heterocycles. The topological polar surface area (TPSA) is 140 Å². The summed E-state index contributed by atoms with van der Waals surface area (Å²) in [6.45, 7) is 7.28. The minimum atomic E-state index is -1.28. The van der Waals surface area contributed by atoms with Crippen LogP contribution in [0.2, 0.25) is 0 Å². The van der Waals surface area contributed by atoms with Gasteiger partial charge in [0.15, 0.2) is 0 Å². The Balaban J connectivity index is 1.25. The van der Waals surface area contributed by atoms with E-state index in [9.17, 15) is 19.5 Å². The van der Waals surface area contributed by atoms with Gasteiger partial charge >= 0.3 is 0 Å². The van der Waals surface area contributed by atoms with Crippen molar-refractivity contribution in [3.63, 3.8) is 0 Å². The highest BCUT2D eigenvalue weighted by Crippen LogP contribution is 2.61. The van der Waals surface area contributed by atoms with Crippen molar-refractivity contribution < 1.29 is 24.7 Å². The van der Waals surface area contributed by atoms with Crippen LogP contribution in [0.4, 0.5) is 5.69 Å². The molecule has 3 fully saturated rings. The Morgan fingerprint density at radius 1 is 1.00 bits per heavy atom. The van der Waals surface area contributed by atoms with Crippen LogP contribution in [-0.2, 0) is 9.59 Å². The standard InChI is InChI=1S/C29H38N4O5/c1-17(34)26(28(37)33-38)32-27(36)20-6-4-18(5-7-20)19-9-12-23(13-10-19)31-25(35)16-30-15-21-8-11-22-14-24(21)29(22,2)3/h4-7,9-10,12-13,17,21-22,24,26,30,34,38H,8,11,14-16H2,1-3H3,(H,31,35)(H,32,36)(H,33,37)/t17-,21+,22+,24+,26+/m1/s1. The molecule has 3 aliphatic carbocycles. The van der Waals surface area contributed by atoms with Gasteiger partial charge in [0.25, 0.3) is 11.8 Å². The molecule has 0 heterocycles. The number of hydrogen-bond donors (Lipinski definition) is 6. The maximum atomic E-state index is 12.5. The first-order valence-electron chi connectivity index (χ1n) is 13.2. The number of carbonyl (C=O) groups excluding carboxylic acids is 3. The van der Waals surface area contributed by atoms with E-state index in [1.54, 1.807) is 24.3 Å². The van der Waals surface area contributed by atoms with Crippen LogP contribution in [0, 0.1) is 23.2 Å². The maximum Gasteiger partial charge on any atom is 0.268 e. The van der Waals surface area contributed by atoms with E-state index in [4.69, 9.17) is 5.21 Å². The zero-order chi connectivity index (χ0) is 27.4. The fraction of sp³-hybridized carbons (Fsp3) is 0.483. The summed E-state index contributed by atoms with van der Waals surface area (Å²) in [5.74, 6) is 0.767. The summed E-state index contributed by atoms with van der Waals surface area (Å²) in [6, 6.07) is 12.9. The molecule has 2 aromatic carbocycles. The lowest BCUT2D eigenvalue weighted by Crippen LogP contribution is -2.54. The number of hydroxylamine groups is 1.